The number of amides is 1. The molecule has 26 heavy (non-hydrogen) atoms. The van der Waals surface area contributed by atoms with Gasteiger partial charge in [0.25, 0.3) is 0 Å². The first-order valence-corrected chi connectivity index (χ1v) is 11.3. The summed E-state index contributed by atoms with van der Waals surface area (Å²) in [5.41, 5.74) is 1.89. The molecule has 0 aliphatic rings. The maximum absolute atomic E-state index is 12.7. The van der Waals surface area contributed by atoms with Crippen LogP contribution in [0, 0.1) is 6.92 Å². The molecule has 0 aliphatic heterocycles. The number of benzene rings is 1. The fraction of sp³-hybridized carbons (Fsp3) is 0.176. The molecule has 0 saturated heterocycles. The number of hydrogen-bond acceptors (Lipinski definition) is 4. The van der Waals surface area contributed by atoms with Gasteiger partial charge in [-0.05, 0) is 6.92 Å². The standard InChI is InChI=1S/C17H18AsN3O5/c1-3-26-14-5-4-10-21-15(11(2)19-16(14)21)17(22)20-13-8-6-12(7-9-13)18(23,24)25/h4-10H,3H2,1-2H3,(H,20,22)(H2,23,24,25). The average Bonchev–Trinajstić information content (AvgIpc) is 2.92. The molecule has 136 valence electrons. The predicted molar refractivity (Wildman–Crippen MR) is 96.0 cm³/mol. The van der Waals surface area contributed by atoms with Crippen molar-refractivity contribution in [1.29, 1.82) is 0 Å². The summed E-state index contributed by atoms with van der Waals surface area (Å²) in [6.45, 7) is 4.09. The fourth-order valence-corrected chi connectivity index (χ4v) is 3.75. The normalized spacial score (nSPS) is 11.5. The SMILES string of the molecule is CCOc1cccn2c(C(=O)Nc3ccc([As](=O)(O)O)cc3)c(C)nc12. The average molecular weight is 419 g/mol. The van der Waals surface area contributed by atoms with Crippen LogP contribution in [0.25, 0.3) is 5.65 Å². The van der Waals surface area contributed by atoms with E-state index in [1.165, 1.54) is 24.3 Å². The number of rotatable bonds is 5. The maximum atomic E-state index is 12.7. The second-order valence-electron chi connectivity index (χ2n) is 5.59. The van der Waals surface area contributed by atoms with Gasteiger partial charge < -0.3 is 0 Å². The van der Waals surface area contributed by atoms with Crippen molar-refractivity contribution in [2.75, 3.05) is 11.9 Å². The van der Waals surface area contributed by atoms with Crippen molar-refractivity contribution in [2.45, 2.75) is 13.8 Å². The van der Waals surface area contributed by atoms with Gasteiger partial charge in [-0.2, -0.15) is 0 Å². The topological polar surface area (TPSA) is 113 Å². The number of carbonyl (C=O) groups is 1. The van der Waals surface area contributed by atoms with Gasteiger partial charge in [0, 0.05) is 0 Å². The number of nitrogens with one attached hydrogen (secondary N) is 1. The molecule has 2 aromatic heterocycles. The zero-order chi connectivity index (χ0) is 18.9. The van der Waals surface area contributed by atoms with E-state index >= 15 is 0 Å². The molecule has 8 nitrogen and oxygen atoms in total. The Labute approximate surface area is 152 Å². The van der Waals surface area contributed by atoms with Crippen LogP contribution in [0.5, 0.6) is 5.75 Å². The van der Waals surface area contributed by atoms with E-state index in [-0.39, 0.29) is 10.3 Å². The zero-order valence-corrected chi connectivity index (χ0v) is 16.1. The van der Waals surface area contributed by atoms with E-state index in [1.54, 1.807) is 29.7 Å². The number of pyridine rings is 1. The molecule has 2 heterocycles. The van der Waals surface area contributed by atoms with Crippen molar-refractivity contribution in [1.82, 2.24) is 9.38 Å². The number of hydrogen-bond donors (Lipinski definition) is 3. The third-order valence-electron chi connectivity index (χ3n) is 3.76. The first-order chi connectivity index (χ1) is 12.3. The monoisotopic (exact) mass is 419 g/mol. The van der Waals surface area contributed by atoms with E-state index in [1.807, 2.05) is 6.92 Å². The van der Waals surface area contributed by atoms with Crippen molar-refractivity contribution in [3.63, 3.8) is 0 Å². The molecule has 0 unspecified atom stereocenters. The number of aromatic nitrogens is 2. The number of anilines is 1. The molecule has 0 saturated carbocycles. The Morgan fingerprint density at radius 2 is 1.96 bits per heavy atom. The van der Waals surface area contributed by atoms with E-state index in [0.29, 0.717) is 35.1 Å². The Bertz CT molecular complexity index is 1010. The second-order valence-corrected chi connectivity index (χ2v) is 8.96. The molecule has 0 bridgehead atoms. The van der Waals surface area contributed by atoms with Crippen LogP contribution < -0.4 is 14.4 Å². The van der Waals surface area contributed by atoms with Crippen LogP contribution in [0.2, 0.25) is 0 Å². The molecule has 3 rings (SSSR count). The van der Waals surface area contributed by atoms with E-state index in [4.69, 9.17) is 4.74 Å². The van der Waals surface area contributed by atoms with Crippen LogP contribution in [0.1, 0.15) is 23.1 Å². The fourth-order valence-electron chi connectivity index (χ4n) is 2.63. The molecular weight excluding hydrogens is 401 g/mol. The van der Waals surface area contributed by atoms with Crippen molar-refractivity contribution in [3.05, 3.63) is 54.0 Å². The van der Waals surface area contributed by atoms with Gasteiger partial charge in [-0.25, -0.2) is 0 Å². The van der Waals surface area contributed by atoms with Crippen LogP contribution in [-0.4, -0.2) is 44.3 Å². The summed E-state index contributed by atoms with van der Waals surface area (Å²) >= 11 is -4.94. The van der Waals surface area contributed by atoms with Crippen LogP contribution >= 0.6 is 0 Å². The number of fused-ring (bicyclic) bond motifs is 1. The summed E-state index contributed by atoms with van der Waals surface area (Å²) in [5.74, 6) is 0.211. The summed E-state index contributed by atoms with van der Waals surface area (Å²) in [6.07, 6.45) is 1.73. The first-order valence-electron chi connectivity index (χ1n) is 7.89. The molecule has 0 radical (unpaired) electrons. The predicted octanol–water partition coefficient (Wildman–Crippen LogP) is 0.855. The van der Waals surface area contributed by atoms with Crippen molar-refractivity contribution in [3.8, 4) is 5.75 Å². The molecule has 0 aliphatic carbocycles. The second kappa shape index (κ2) is 6.99. The van der Waals surface area contributed by atoms with Gasteiger partial charge in [0.2, 0.25) is 0 Å². The van der Waals surface area contributed by atoms with E-state index in [2.05, 4.69) is 10.3 Å². The van der Waals surface area contributed by atoms with Gasteiger partial charge in [0.05, 0.1) is 0 Å². The minimum absolute atomic E-state index is 0.0477. The summed E-state index contributed by atoms with van der Waals surface area (Å²) in [5, 5.41) is 2.72. The van der Waals surface area contributed by atoms with Crippen molar-refractivity contribution >= 4 is 35.8 Å². The summed E-state index contributed by atoms with van der Waals surface area (Å²) in [4.78, 5) is 17.1. The Balaban J connectivity index is 1.92. The summed E-state index contributed by atoms with van der Waals surface area (Å²) in [7, 11) is 0. The Kier molecular flexibility index (Phi) is 4.91. The third-order valence-corrected chi connectivity index (χ3v) is 5.80. The van der Waals surface area contributed by atoms with Crippen LogP contribution in [0.4, 0.5) is 5.69 Å². The molecule has 0 atom stereocenters. The minimum atomic E-state index is -4.94. The molecule has 0 spiro atoms. The molecule has 3 N–H and O–H groups in total. The van der Waals surface area contributed by atoms with Gasteiger partial charge >= 0.3 is 145 Å². The quantitative estimate of drug-likeness (QED) is 0.529. The number of nitrogens with zero attached hydrogens (tertiary/aromatic N) is 2. The zero-order valence-electron chi connectivity index (χ0n) is 14.2. The number of ether oxygens (including phenoxy) is 1. The Morgan fingerprint density at radius 1 is 1.27 bits per heavy atom. The van der Waals surface area contributed by atoms with Gasteiger partial charge in [-0.15, -0.1) is 0 Å². The van der Waals surface area contributed by atoms with Gasteiger partial charge in [0.15, 0.2) is 0 Å². The van der Waals surface area contributed by atoms with Crippen LogP contribution in [-0.2, 0) is 3.74 Å². The molecule has 9 heteroatoms. The number of imidazole rings is 1. The number of aryl methyl sites for hydroxylation is 1. The van der Waals surface area contributed by atoms with Crippen molar-refractivity contribution in [2.24, 2.45) is 0 Å². The van der Waals surface area contributed by atoms with E-state index in [9.17, 15) is 16.7 Å². The summed E-state index contributed by atoms with van der Waals surface area (Å²) < 4.78 is 36.8. The molecule has 0 fully saturated rings. The first kappa shape index (κ1) is 18.3. The Morgan fingerprint density at radius 3 is 2.58 bits per heavy atom. The molecule has 1 aromatic carbocycles. The Hall–Kier alpha value is -2.54. The van der Waals surface area contributed by atoms with Crippen LogP contribution in [0.15, 0.2) is 42.6 Å². The van der Waals surface area contributed by atoms with Gasteiger partial charge in [0.1, 0.15) is 0 Å². The van der Waals surface area contributed by atoms with Crippen LogP contribution in [0.3, 0.4) is 0 Å². The summed E-state index contributed by atoms with van der Waals surface area (Å²) in [6, 6.07) is 9.09. The number of carbonyl (C=O) groups excluding carboxylic acids is 1. The molecule has 3 aromatic rings. The van der Waals surface area contributed by atoms with E-state index in [0.717, 1.165) is 0 Å². The molecule has 1 amide bonds. The van der Waals surface area contributed by atoms with Gasteiger partial charge in [-0.1, -0.05) is 0 Å². The third kappa shape index (κ3) is 3.53. The molecular formula is C17H18AsN3O5. The van der Waals surface area contributed by atoms with Crippen molar-refractivity contribution < 1.29 is 21.5 Å². The van der Waals surface area contributed by atoms with Gasteiger partial charge in [-0.3, -0.25) is 0 Å². The van der Waals surface area contributed by atoms with E-state index < -0.39 is 14.2 Å².